The largest absolute Gasteiger partial charge is 0.385 e. The van der Waals surface area contributed by atoms with Gasteiger partial charge < -0.3 is 5.11 Å². The summed E-state index contributed by atoms with van der Waals surface area (Å²) in [4.78, 5) is 0. The maximum Gasteiger partial charge on any atom is 0.0962 e. The molecule has 2 heteroatoms. The van der Waals surface area contributed by atoms with E-state index in [9.17, 15) is 5.11 Å². The lowest BCUT2D eigenvalue weighted by Crippen LogP contribution is -2.27. The van der Waals surface area contributed by atoms with E-state index >= 15 is 0 Å². The first-order chi connectivity index (χ1) is 4.77. The SMILES string of the molecule is O[C@@]1(CCl)C=CCCCC1. The molecule has 0 bridgehead atoms. The molecular weight excluding hydrogens is 148 g/mol. The number of alkyl halides is 1. The molecule has 0 spiro atoms. The molecule has 1 nitrogen and oxygen atoms in total. The minimum absolute atomic E-state index is 0.323. The van der Waals surface area contributed by atoms with Crippen molar-refractivity contribution in [2.75, 3.05) is 5.88 Å². The van der Waals surface area contributed by atoms with Crippen LogP contribution in [0.1, 0.15) is 25.7 Å². The Morgan fingerprint density at radius 3 is 3.00 bits per heavy atom. The number of aliphatic hydroxyl groups is 1. The zero-order valence-electron chi connectivity index (χ0n) is 6.02. The molecule has 0 fully saturated rings. The third kappa shape index (κ3) is 1.99. The van der Waals surface area contributed by atoms with E-state index in [2.05, 4.69) is 0 Å². The van der Waals surface area contributed by atoms with Crippen LogP contribution in [0.25, 0.3) is 0 Å². The van der Waals surface area contributed by atoms with Gasteiger partial charge in [-0.3, -0.25) is 0 Å². The second-order valence-electron chi connectivity index (χ2n) is 2.89. The molecule has 1 atom stereocenters. The Morgan fingerprint density at radius 2 is 2.30 bits per heavy atom. The van der Waals surface area contributed by atoms with Crippen molar-refractivity contribution >= 4 is 11.6 Å². The molecule has 0 heterocycles. The highest BCUT2D eigenvalue weighted by Crippen LogP contribution is 2.22. The number of hydrogen-bond donors (Lipinski definition) is 1. The molecule has 0 saturated carbocycles. The highest BCUT2D eigenvalue weighted by Gasteiger charge is 2.22. The molecular formula is C8H13ClO. The predicted octanol–water partition coefficient (Wildman–Crippen LogP) is 2.09. The molecule has 1 rings (SSSR count). The molecule has 0 aromatic heterocycles. The van der Waals surface area contributed by atoms with Gasteiger partial charge in [-0.05, 0) is 25.7 Å². The van der Waals surface area contributed by atoms with Gasteiger partial charge >= 0.3 is 0 Å². The number of rotatable bonds is 1. The molecule has 1 aliphatic rings. The van der Waals surface area contributed by atoms with E-state index in [1.807, 2.05) is 12.2 Å². The molecule has 10 heavy (non-hydrogen) atoms. The molecule has 58 valence electrons. The molecule has 1 aliphatic carbocycles. The van der Waals surface area contributed by atoms with Gasteiger partial charge in [0.15, 0.2) is 0 Å². The molecule has 0 aromatic rings. The summed E-state index contributed by atoms with van der Waals surface area (Å²) < 4.78 is 0. The van der Waals surface area contributed by atoms with Crippen molar-refractivity contribution in [2.24, 2.45) is 0 Å². The Balaban J connectivity index is 2.55. The zero-order chi connectivity index (χ0) is 7.45. The summed E-state index contributed by atoms with van der Waals surface area (Å²) in [5, 5.41) is 9.64. The normalized spacial score (nSPS) is 33.8. The van der Waals surface area contributed by atoms with E-state index in [0.29, 0.717) is 5.88 Å². The van der Waals surface area contributed by atoms with Crippen molar-refractivity contribution in [3.63, 3.8) is 0 Å². The van der Waals surface area contributed by atoms with Gasteiger partial charge in [0.25, 0.3) is 0 Å². The number of hydrogen-bond acceptors (Lipinski definition) is 1. The van der Waals surface area contributed by atoms with Crippen LogP contribution in [0.15, 0.2) is 12.2 Å². The van der Waals surface area contributed by atoms with Crippen molar-refractivity contribution in [2.45, 2.75) is 31.3 Å². The average Bonchev–Trinajstić information content (AvgIpc) is 2.15. The van der Waals surface area contributed by atoms with Crippen LogP contribution in [0.4, 0.5) is 0 Å². The van der Waals surface area contributed by atoms with Crippen LogP contribution in [0, 0.1) is 0 Å². The first-order valence-corrected chi connectivity index (χ1v) is 4.26. The second-order valence-corrected chi connectivity index (χ2v) is 3.15. The summed E-state index contributed by atoms with van der Waals surface area (Å²) in [5.41, 5.74) is -0.710. The smallest absolute Gasteiger partial charge is 0.0962 e. The number of allylic oxidation sites excluding steroid dienone is 1. The predicted molar refractivity (Wildman–Crippen MR) is 43.3 cm³/mol. The van der Waals surface area contributed by atoms with Crippen molar-refractivity contribution in [3.8, 4) is 0 Å². The lowest BCUT2D eigenvalue weighted by molar-refractivity contribution is 0.105. The molecule has 0 aromatic carbocycles. The summed E-state index contributed by atoms with van der Waals surface area (Å²) in [6.45, 7) is 0. The Morgan fingerprint density at radius 1 is 1.50 bits per heavy atom. The van der Waals surface area contributed by atoms with E-state index in [-0.39, 0.29) is 0 Å². The molecule has 0 amide bonds. The number of halogens is 1. The van der Waals surface area contributed by atoms with Gasteiger partial charge in [-0.15, -0.1) is 11.6 Å². The van der Waals surface area contributed by atoms with Gasteiger partial charge in [0.05, 0.1) is 11.5 Å². The van der Waals surface area contributed by atoms with E-state index in [1.165, 1.54) is 6.42 Å². The maximum absolute atomic E-state index is 9.64. The van der Waals surface area contributed by atoms with E-state index in [4.69, 9.17) is 11.6 Å². The van der Waals surface area contributed by atoms with Crippen LogP contribution in [0.3, 0.4) is 0 Å². The first-order valence-electron chi connectivity index (χ1n) is 3.73. The minimum atomic E-state index is -0.710. The van der Waals surface area contributed by atoms with Gasteiger partial charge in [-0.1, -0.05) is 12.2 Å². The first kappa shape index (κ1) is 8.09. The Bertz CT molecular complexity index is 133. The Hall–Kier alpha value is -0.0100. The fraction of sp³-hybridized carbons (Fsp3) is 0.750. The average molecular weight is 161 g/mol. The second kappa shape index (κ2) is 3.40. The van der Waals surface area contributed by atoms with Crippen LogP contribution in [-0.4, -0.2) is 16.6 Å². The third-order valence-electron chi connectivity index (χ3n) is 1.89. The molecule has 1 N–H and O–H groups in total. The summed E-state index contributed by atoms with van der Waals surface area (Å²) >= 11 is 5.59. The fourth-order valence-corrected chi connectivity index (χ4v) is 1.41. The van der Waals surface area contributed by atoms with Gasteiger partial charge in [0, 0.05) is 0 Å². The standard InChI is InChI=1S/C8H13ClO/c9-7-8(10)5-3-1-2-4-6-8/h3,5,10H,1-2,4,6-7H2/t8-/m0/s1. The molecule has 0 unspecified atom stereocenters. The minimum Gasteiger partial charge on any atom is -0.385 e. The van der Waals surface area contributed by atoms with E-state index < -0.39 is 5.60 Å². The molecule has 0 saturated heterocycles. The van der Waals surface area contributed by atoms with Crippen molar-refractivity contribution in [1.29, 1.82) is 0 Å². The van der Waals surface area contributed by atoms with E-state index in [1.54, 1.807) is 0 Å². The fourth-order valence-electron chi connectivity index (χ4n) is 1.19. The summed E-state index contributed by atoms with van der Waals surface area (Å²) in [6.07, 6.45) is 8.01. The zero-order valence-corrected chi connectivity index (χ0v) is 6.77. The van der Waals surface area contributed by atoms with Crippen molar-refractivity contribution < 1.29 is 5.11 Å². The maximum atomic E-state index is 9.64. The van der Waals surface area contributed by atoms with Crippen molar-refractivity contribution in [1.82, 2.24) is 0 Å². The quantitative estimate of drug-likeness (QED) is 0.460. The Labute approximate surface area is 66.7 Å². The van der Waals surface area contributed by atoms with E-state index in [0.717, 1.165) is 19.3 Å². The van der Waals surface area contributed by atoms with Crippen molar-refractivity contribution in [3.05, 3.63) is 12.2 Å². The van der Waals surface area contributed by atoms with Crippen LogP contribution >= 0.6 is 11.6 Å². The molecule has 0 aliphatic heterocycles. The van der Waals surface area contributed by atoms with Gasteiger partial charge in [0.1, 0.15) is 0 Å². The summed E-state index contributed by atoms with van der Waals surface area (Å²) in [6, 6.07) is 0. The Kier molecular flexibility index (Phi) is 2.75. The highest BCUT2D eigenvalue weighted by atomic mass is 35.5. The molecule has 0 radical (unpaired) electrons. The highest BCUT2D eigenvalue weighted by molar-refractivity contribution is 6.18. The topological polar surface area (TPSA) is 20.2 Å². The summed E-state index contributed by atoms with van der Waals surface area (Å²) in [5.74, 6) is 0.323. The lowest BCUT2D eigenvalue weighted by atomic mass is 10.0. The summed E-state index contributed by atoms with van der Waals surface area (Å²) in [7, 11) is 0. The van der Waals surface area contributed by atoms with Crippen LogP contribution in [-0.2, 0) is 0 Å². The van der Waals surface area contributed by atoms with Crippen LogP contribution in [0.5, 0.6) is 0 Å². The monoisotopic (exact) mass is 160 g/mol. The van der Waals surface area contributed by atoms with Crippen LogP contribution < -0.4 is 0 Å². The van der Waals surface area contributed by atoms with Gasteiger partial charge in [-0.2, -0.15) is 0 Å². The van der Waals surface area contributed by atoms with Crippen LogP contribution in [0.2, 0.25) is 0 Å². The van der Waals surface area contributed by atoms with Gasteiger partial charge in [0.2, 0.25) is 0 Å². The lowest BCUT2D eigenvalue weighted by Gasteiger charge is -2.19. The third-order valence-corrected chi connectivity index (χ3v) is 2.35. The van der Waals surface area contributed by atoms with Gasteiger partial charge in [-0.25, -0.2) is 0 Å².